The van der Waals surface area contributed by atoms with Crippen LogP contribution in [-0.2, 0) is 0 Å². The minimum atomic E-state index is -0.216. The Morgan fingerprint density at radius 2 is 1.87 bits per heavy atom. The van der Waals surface area contributed by atoms with Gasteiger partial charge in [-0.3, -0.25) is 4.90 Å². The summed E-state index contributed by atoms with van der Waals surface area (Å²) in [5.74, 6) is -0.216. The Hall–Kier alpha value is -1.88. The van der Waals surface area contributed by atoms with Crippen LogP contribution in [0.25, 0.3) is 5.57 Å². The van der Waals surface area contributed by atoms with Gasteiger partial charge in [0, 0.05) is 32.7 Å². The van der Waals surface area contributed by atoms with E-state index in [0.29, 0.717) is 6.54 Å². The molecule has 0 aliphatic carbocycles. The zero-order valence-electron chi connectivity index (χ0n) is 13.9. The maximum absolute atomic E-state index is 12.9. The van der Waals surface area contributed by atoms with Crippen LogP contribution >= 0.6 is 0 Å². The van der Waals surface area contributed by atoms with Crippen molar-refractivity contribution in [3.63, 3.8) is 0 Å². The van der Waals surface area contributed by atoms with Crippen LogP contribution in [-0.4, -0.2) is 55.1 Å². The number of amides is 2. The number of piperazine rings is 1. The number of halogens is 1. The second kappa shape index (κ2) is 8.67. The first-order valence-corrected chi connectivity index (χ1v) is 8.29. The van der Waals surface area contributed by atoms with E-state index in [1.165, 1.54) is 12.1 Å². The molecular formula is C18H26FN3O. The van der Waals surface area contributed by atoms with Crippen LogP contribution in [0, 0.1) is 5.82 Å². The Morgan fingerprint density at radius 1 is 1.22 bits per heavy atom. The van der Waals surface area contributed by atoms with Gasteiger partial charge < -0.3 is 10.2 Å². The summed E-state index contributed by atoms with van der Waals surface area (Å²) in [6, 6.07) is 6.55. The minimum absolute atomic E-state index is 0.0387. The number of hydrogen-bond acceptors (Lipinski definition) is 2. The van der Waals surface area contributed by atoms with Crippen LogP contribution in [0.4, 0.5) is 9.18 Å². The summed E-state index contributed by atoms with van der Waals surface area (Å²) in [5, 5.41) is 2.84. The second-order valence-electron chi connectivity index (χ2n) is 5.88. The number of allylic oxidation sites excluding steroid dienone is 1. The lowest BCUT2D eigenvalue weighted by Gasteiger charge is -2.34. The lowest BCUT2D eigenvalue weighted by Crippen LogP contribution is -2.51. The van der Waals surface area contributed by atoms with Gasteiger partial charge in [0.1, 0.15) is 5.82 Å². The Bertz CT molecular complexity index is 522. The molecule has 23 heavy (non-hydrogen) atoms. The van der Waals surface area contributed by atoms with E-state index in [1.807, 2.05) is 11.8 Å². The fraction of sp³-hybridized carbons (Fsp3) is 0.500. The Kier molecular flexibility index (Phi) is 6.59. The Labute approximate surface area is 138 Å². The molecule has 0 saturated carbocycles. The van der Waals surface area contributed by atoms with E-state index in [4.69, 9.17) is 0 Å². The number of benzene rings is 1. The molecule has 1 N–H and O–H groups in total. The number of nitrogens with one attached hydrogen (secondary N) is 1. The average Bonchev–Trinajstić information content (AvgIpc) is 2.56. The molecule has 0 atom stereocenters. The van der Waals surface area contributed by atoms with Crippen LogP contribution in [0.5, 0.6) is 0 Å². The van der Waals surface area contributed by atoms with E-state index in [2.05, 4.69) is 16.8 Å². The van der Waals surface area contributed by atoms with Crippen LogP contribution in [0.2, 0.25) is 0 Å². The zero-order chi connectivity index (χ0) is 16.7. The largest absolute Gasteiger partial charge is 0.338 e. The molecule has 2 rings (SSSR count). The average molecular weight is 319 g/mol. The van der Waals surface area contributed by atoms with Crippen molar-refractivity contribution in [2.75, 3.05) is 39.3 Å². The summed E-state index contributed by atoms with van der Waals surface area (Å²) in [7, 11) is 0. The third-order valence-electron chi connectivity index (χ3n) is 4.19. The quantitative estimate of drug-likeness (QED) is 0.875. The normalized spacial score (nSPS) is 15.5. The second-order valence-corrected chi connectivity index (χ2v) is 5.88. The first-order chi connectivity index (χ1) is 11.1. The van der Waals surface area contributed by atoms with Crippen LogP contribution in [0.1, 0.15) is 25.3 Å². The van der Waals surface area contributed by atoms with E-state index < -0.39 is 0 Å². The van der Waals surface area contributed by atoms with Gasteiger partial charge in [-0.1, -0.05) is 18.7 Å². The molecule has 0 spiro atoms. The van der Waals surface area contributed by atoms with Gasteiger partial charge in [-0.15, -0.1) is 0 Å². The molecule has 1 aliphatic rings. The van der Waals surface area contributed by atoms with E-state index in [-0.39, 0.29) is 11.8 Å². The van der Waals surface area contributed by atoms with E-state index in [1.54, 1.807) is 12.1 Å². The highest BCUT2D eigenvalue weighted by atomic mass is 19.1. The molecule has 4 nitrogen and oxygen atoms in total. The summed E-state index contributed by atoms with van der Waals surface area (Å²) in [4.78, 5) is 16.0. The molecule has 0 unspecified atom stereocenters. The van der Waals surface area contributed by atoms with E-state index in [0.717, 1.165) is 56.7 Å². The summed E-state index contributed by atoms with van der Waals surface area (Å²) in [6.07, 6.45) is 1.93. The van der Waals surface area contributed by atoms with Crippen molar-refractivity contribution in [2.24, 2.45) is 0 Å². The van der Waals surface area contributed by atoms with Crippen molar-refractivity contribution in [3.05, 3.63) is 42.2 Å². The number of hydrogen-bond donors (Lipinski definition) is 1. The smallest absolute Gasteiger partial charge is 0.317 e. The van der Waals surface area contributed by atoms with Gasteiger partial charge in [0.05, 0.1) is 0 Å². The van der Waals surface area contributed by atoms with E-state index >= 15 is 0 Å². The molecule has 1 aromatic rings. The maximum atomic E-state index is 12.9. The summed E-state index contributed by atoms with van der Waals surface area (Å²) in [5.41, 5.74) is 2.05. The number of urea groups is 1. The number of nitrogens with zero attached hydrogens (tertiary/aromatic N) is 2. The molecule has 126 valence electrons. The molecule has 5 heteroatoms. The van der Waals surface area contributed by atoms with Crippen molar-refractivity contribution in [2.45, 2.75) is 19.8 Å². The number of carbonyl (C=O) groups is 1. The van der Waals surface area contributed by atoms with Gasteiger partial charge in [-0.2, -0.15) is 0 Å². The molecule has 0 bridgehead atoms. The van der Waals surface area contributed by atoms with Crippen molar-refractivity contribution in [3.8, 4) is 0 Å². The predicted octanol–water partition coefficient (Wildman–Crippen LogP) is 2.97. The topological polar surface area (TPSA) is 35.6 Å². The van der Waals surface area contributed by atoms with Crippen LogP contribution in [0.3, 0.4) is 0 Å². The van der Waals surface area contributed by atoms with Crippen molar-refractivity contribution in [1.82, 2.24) is 15.1 Å². The van der Waals surface area contributed by atoms with Gasteiger partial charge in [-0.25, -0.2) is 9.18 Å². The zero-order valence-corrected chi connectivity index (χ0v) is 13.9. The predicted molar refractivity (Wildman–Crippen MR) is 91.8 cm³/mol. The van der Waals surface area contributed by atoms with Gasteiger partial charge in [0.15, 0.2) is 0 Å². The first kappa shape index (κ1) is 17.5. The van der Waals surface area contributed by atoms with Crippen LogP contribution < -0.4 is 5.32 Å². The Morgan fingerprint density at radius 3 is 2.48 bits per heavy atom. The fourth-order valence-corrected chi connectivity index (χ4v) is 2.78. The van der Waals surface area contributed by atoms with Crippen LogP contribution in [0.15, 0.2) is 30.8 Å². The SMILES string of the molecule is C=C(CCCN1CCN(C(=O)NCC)CC1)c1ccc(F)cc1. The summed E-state index contributed by atoms with van der Waals surface area (Å²) in [6.45, 7) is 11.1. The molecule has 1 fully saturated rings. The molecule has 1 aromatic carbocycles. The van der Waals surface area contributed by atoms with Gasteiger partial charge in [0.2, 0.25) is 0 Å². The highest BCUT2D eigenvalue weighted by Crippen LogP contribution is 2.18. The molecule has 1 aliphatic heterocycles. The third kappa shape index (κ3) is 5.36. The first-order valence-electron chi connectivity index (χ1n) is 8.29. The lowest BCUT2D eigenvalue weighted by molar-refractivity contribution is 0.139. The fourth-order valence-electron chi connectivity index (χ4n) is 2.78. The third-order valence-corrected chi connectivity index (χ3v) is 4.19. The molecule has 1 saturated heterocycles. The standard InChI is InChI=1S/C18H26FN3O/c1-3-20-18(23)22-13-11-21(12-14-22)10-4-5-15(2)16-6-8-17(19)9-7-16/h6-9H,2-5,10-14H2,1H3,(H,20,23). The maximum Gasteiger partial charge on any atom is 0.317 e. The van der Waals surface area contributed by atoms with Crippen molar-refractivity contribution < 1.29 is 9.18 Å². The summed E-state index contributed by atoms with van der Waals surface area (Å²) < 4.78 is 12.9. The van der Waals surface area contributed by atoms with E-state index in [9.17, 15) is 9.18 Å². The molecule has 1 heterocycles. The molecule has 0 radical (unpaired) electrons. The number of rotatable bonds is 6. The van der Waals surface area contributed by atoms with Gasteiger partial charge >= 0.3 is 6.03 Å². The molecule has 0 aromatic heterocycles. The lowest BCUT2D eigenvalue weighted by atomic mass is 10.0. The Balaban J connectivity index is 1.66. The van der Waals surface area contributed by atoms with Crippen molar-refractivity contribution >= 4 is 11.6 Å². The minimum Gasteiger partial charge on any atom is -0.338 e. The molecule has 2 amide bonds. The van der Waals surface area contributed by atoms with Crippen molar-refractivity contribution in [1.29, 1.82) is 0 Å². The monoisotopic (exact) mass is 319 g/mol. The van der Waals surface area contributed by atoms with Gasteiger partial charge in [-0.05, 0) is 49.6 Å². The van der Waals surface area contributed by atoms with Gasteiger partial charge in [0.25, 0.3) is 0 Å². The highest BCUT2D eigenvalue weighted by molar-refractivity contribution is 5.74. The highest BCUT2D eigenvalue weighted by Gasteiger charge is 2.20. The summed E-state index contributed by atoms with van der Waals surface area (Å²) >= 11 is 0. The molecular weight excluding hydrogens is 293 g/mol. The number of carbonyl (C=O) groups excluding carboxylic acids is 1.